The fourth-order valence-corrected chi connectivity index (χ4v) is 8.97. The van der Waals surface area contributed by atoms with Crippen molar-refractivity contribution in [3.05, 3.63) is 46.3 Å². The molecule has 0 aliphatic carbocycles. The Morgan fingerprint density at radius 3 is 1.47 bits per heavy atom. The highest BCUT2D eigenvalue weighted by molar-refractivity contribution is 8.04. The van der Waals surface area contributed by atoms with Gasteiger partial charge in [0.1, 0.15) is 34.5 Å². The standard InChI is InChI=1S/C11H12N2O3S2.C10H12N2O2S2.7CH4.O2/c14-5-1-2-6-8(3-5)18-10(12-6)9-13-7(4-17-9)11(15)16;13-5-1-2-6-7(3-5)16-10(11-6)9-12-8(14)4-15-9;;;;;;;;1-2/h1-3,7,9-10,12-14H,4H2,(H,15,16);1-3,8-14H,4H2;7*1H4;. The number of hydrogen-bond acceptors (Lipinski definition) is 14. The predicted molar refractivity (Wildman–Crippen MR) is 193 cm³/mol. The van der Waals surface area contributed by atoms with E-state index in [1.165, 1.54) is 0 Å². The predicted octanol–water partition coefficient (Wildman–Crippen LogP) is 7.09. The van der Waals surface area contributed by atoms with E-state index >= 15 is 0 Å². The molecule has 2 aromatic rings. The van der Waals surface area contributed by atoms with Crippen molar-refractivity contribution in [1.82, 2.24) is 10.6 Å². The number of hydrogen-bond donors (Lipinski definition) is 8. The van der Waals surface area contributed by atoms with Crippen LogP contribution in [0.4, 0.5) is 11.4 Å². The summed E-state index contributed by atoms with van der Waals surface area (Å²) in [7, 11) is 0. The van der Waals surface area contributed by atoms with E-state index in [1.807, 2.05) is 12.1 Å². The van der Waals surface area contributed by atoms with Gasteiger partial charge in [-0.25, -0.2) is 0 Å². The number of benzene rings is 2. The van der Waals surface area contributed by atoms with E-state index in [2.05, 4.69) is 21.3 Å². The second-order valence-electron chi connectivity index (χ2n) is 7.97. The molecular weight excluding hydrogens is 633 g/mol. The Balaban J connectivity index is -0.000000291. The summed E-state index contributed by atoms with van der Waals surface area (Å²) in [6.07, 6.45) is -0.408. The molecule has 15 heteroatoms. The molecule has 4 aliphatic heterocycles. The minimum atomic E-state index is -0.803. The molecule has 4 heterocycles. The number of phenolic OH excluding ortho intramolecular Hbond substituents is 2. The number of nitrogens with one attached hydrogen (secondary N) is 4. The maximum atomic E-state index is 10.9. The molecule has 6 atom stereocenters. The first-order valence-corrected chi connectivity index (χ1v) is 14.6. The van der Waals surface area contributed by atoms with Gasteiger partial charge in [0.05, 0.1) is 10.7 Å². The van der Waals surface area contributed by atoms with Gasteiger partial charge in [0, 0.05) is 42.6 Å². The SMILES string of the molecule is C.C.C.C.C.C.C.O=C(O)C1CSC(C2Nc3ccc(O)cc3S2)N1.O=O.Oc1ccc2c(c1)SC(C1NC(O)CS1)N2. The summed E-state index contributed by atoms with van der Waals surface area (Å²) in [6, 6.07) is 10.1. The number of aromatic hydroxyl groups is 2. The number of carboxylic acid groups (broad SMARTS) is 1. The van der Waals surface area contributed by atoms with Crippen LogP contribution >= 0.6 is 47.0 Å². The van der Waals surface area contributed by atoms with Crippen molar-refractivity contribution in [3.63, 3.8) is 0 Å². The van der Waals surface area contributed by atoms with Gasteiger partial charge >= 0.3 is 5.97 Å². The van der Waals surface area contributed by atoms with Gasteiger partial charge in [0.15, 0.2) is 0 Å². The molecule has 6 rings (SSSR count). The number of aliphatic hydroxyl groups excluding tert-OH is 1. The molecule has 43 heavy (non-hydrogen) atoms. The van der Waals surface area contributed by atoms with Crippen LogP contribution in [0, 0.1) is 9.93 Å². The van der Waals surface area contributed by atoms with Gasteiger partial charge in [-0.1, -0.05) is 75.5 Å². The number of phenols is 2. The quantitative estimate of drug-likeness (QED) is 0.153. The number of thioether (sulfide) groups is 4. The van der Waals surface area contributed by atoms with Gasteiger partial charge in [-0.05, 0) is 36.4 Å². The minimum Gasteiger partial charge on any atom is -0.508 e. The van der Waals surface area contributed by atoms with Gasteiger partial charge in [0.25, 0.3) is 0 Å². The molecule has 0 bridgehead atoms. The summed E-state index contributed by atoms with van der Waals surface area (Å²) >= 11 is 6.63. The monoisotopic (exact) mass is 684 g/mol. The average Bonchev–Trinajstić information content (AvgIpc) is 3.65. The zero-order chi connectivity index (χ0) is 25.8. The van der Waals surface area contributed by atoms with Gasteiger partial charge in [-0.2, -0.15) is 0 Å². The number of rotatable bonds is 3. The Kier molecular flexibility index (Phi) is 24.1. The lowest BCUT2D eigenvalue weighted by atomic mass is 10.3. The fourth-order valence-electron chi connectivity index (χ4n) is 3.84. The Morgan fingerprint density at radius 1 is 0.674 bits per heavy atom. The minimum absolute atomic E-state index is 0. The lowest BCUT2D eigenvalue weighted by Crippen LogP contribution is -2.42. The normalized spacial score (nSPS) is 24.7. The average molecular weight is 685 g/mol. The molecule has 2 aromatic carbocycles. The molecule has 2 saturated heterocycles. The topological polar surface area (TPSA) is 180 Å². The molecule has 8 N–H and O–H groups in total. The third-order valence-electron chi connectivity index (χ3n) is 5.48. The van der Waals surface area contributed by atoms with E-state index in [0.29, 0.717) is 11.5 Å². The maximum Gasteiger partial charge on any atom is 0.321 e. The number of carboxylic acids is 1. The molecule has 0 aromatic heterocycles. The number of aliphatic hydroxyl groups is 1. The third kappa shape index (κ3) is 11.8. The molecule has 4 aliphatic rings. The van der Waals surface area contributed by atoms with Gasteiger partial charge in [-0.15, -0.1) is 23.5 Å². The number of anilines is 2. The first-order valence-electron chi connectivity index (χ1n) is 10.7. The molecular formula is C28H52N4O7S4. The highest BCUT2D eigenvalue weighted by atomic mass is 32.2. The second-order valence-corrected chi connectivity index (χ2v) is 12.7. The van der Waals surface area contributed by atoms with Crippen molar-refractivity contribution in [3.8, 4) is 11.5 Å². The van der Waals surface area contributed by atoms with Crippen LogP contribution in [-0.4, -0.2) is 71.7 Å². The Labute approximate surface area is 274 Å². The zero-order valence-electron chi connectivity index (χ0n) is 18.5. The van der Waals surface area contributed by atoms with Crippen molar-refractivity contribution >= 4 is 64.4 Å². The van der Waals surface area contributed by atoms with Crippen LogP contribution in [0.3, 0.4) is 0 Å². The van der Waals surface area contributed by atoms with Crippen molar-refractivity contribution in [2.75, 3.05) is 22.1 Å². The zero-order valence-corrected chi connectivity index (χ0v) is 21.8. The van der Waals surface area contributed by atoms with Gasteiger partial charge in [0.2, 0.25) is 0 Å². The van der Waals surface area contributed by atoms with E-state index in [4.69, 9.17) is 15.0 Å². The Hall–Kier alpha value is -2.01. The van der Waals surface area contributed by atoms with Crippen LogP contribution in [0.5, 0.6) is 11.5 Å². The van der Waals surface area contributed by atoms with Crippen LogP contribution in [0.15, 0.2) is 46.2 Å². The van der Waals surface area contributed by atoms with E-state index < -0.39 is 18.2 Å². The highest BCUT2D eigenvalue weighted by Crippen LogP contribution is 2.45. The molecule has 0 radical (unpaired) electrons. The molecule has 0 saturated carbocycles. The van der Waals surface area contributed by atoms with Gasteiger partial charge in [-0.3, -0.25) is 15.4 Å². The summed E-state index contributed by atoms with van der Waals surface area (Å²) in [6.45, 7) is 0. The summed E-state index contributed by atoms with van der Waals surface area (Å²) in [5.74, 6) is 1.05. The van der Waals surface area contributed by atoms with Gasteiger partial charge < -0.3 is 31.1 Å². The van der Waals surface area contributed by atoms with Crippen molar-refractivity contribution in [2.45, 2.75) is 95.5 Å². The Bertz CT molecular complexity index is 1110. The van der Waals surface area contributed by atoms with Crippen molar-refractivity contribution in [1.29, 1.82) is 0 Å². The number of aliphatic carboxylic acids is 1. The van der Waals surface area contributed by atoms with E-state index in [-0.39, 0.29) is 79.2 Å². The molecule has 0 amide bonds. The first kappa shape index (κ1) is 47.9. The lowest BCUT2D eigenvalue weighted by Gasteiger charge is -2.18. The summed E-state index contributed by atoms with van der Waals surface area (Å²) < 4.78 is 0. The molecule has 250 valence electrons. The van der Waals surface area contributed by atoms with E-state index in [0.717, 1.165) is 26.9 Å². The van der Waals surface area contributed by atoms with E-state index in [1.54, 1.807) is 71.3 Å². The maximum absolute atomic E-state index is 10.9. The van der Waals surface area contributed by atoms with E-state index in [9.17, 15) is 20.1 Å². The highest BCUT2D eigenvalue weighted by Gasteiger charge is 2.38. The smallest absolute Gasteiger partial charge is 0.321 e. The summed E-state index contributed by atoms with van der Waals surface area (Å²) in [5, 5.41) is 50.7. The molecule has 0 spiro atoms. The van der Waals surface area contributed by atoms with Crippen LogP contribution < -0.4 is 21.3 Å². The number of carbonyl (C=O) groups is 1. The van der Waals surface area contributed by atoms with Crippen molar-refractivity contribution < 1.29 is 25.2 Å². The number of fused-ring (bicyclic) bond motifs is 2. The van der Waals surface area contributed by atoms with Crippen LogP contribution in [0.1, 0.15) is 52.0 Å². The van der Waals surface area contributed by atoms with Crippen LogP contribution in [0.25, 0.3) is 0 Å². The van der Waals surface area contributed by atoms with Crippen LogP contribution in [-0.2, 0) is 4.79 Å². The summed E-state index contributed by atoms with van der Waals surface area (Å²) in [5.41, 5.74) is 2.04. The lowest BCUT2D eigenvalue weighted by molar-refractivity contribution is -0.138. The molecule has 2 fully saturated rings. The molecule has 6 unspecified atom stereocenters. The largest absolute Gasteiger partial charge is 0.508 e. The first-order chi connectivity index (χ1) is 17.4. The summed E-state index contributed by atoms with van der Waals surface area (Å²) in [4.78, 5) is 27.0. The van der Waals surface area contributed by atoms with Crippen molar-refractivity contribution in [2.24, 2.45) is 0 Å². The Morgan fingerprint density at radius 2 is 1.09 bits per heavy atom. The second kappa shape index (κ2) is 21.7. The molecule has 11 nitrogen and oxygen atoms in total. The third-order valence-corrected chi connectivity index (χ3v) is 10.9. The van der Waals surface area contributed by atoms with Crippen LogP contribution in [0.2, 0.25) is 0 Å². The fraction of sp³-hybridized carbons (Fsp3) is 0.536.